The molecule has 0 aliphatic rings. The van der Waals surface area contributed by atoms with Gasteiger partial charge in [0.15, 0.2) is 0 Å². The molecule has 0 aliphatic heterocycles. The molecule has 1 aromatic heterocycles. The van der Waals surface area contributed by atoms with Crippen molar-refractivity contribution >= 4 is 42.8 Å². The van der Waals surface area contributed by atoms with Crippen LogP contribution in [0.1, 0.15) is 0 Å². The van der Waals surface area contributed by atoms with E-state index in [0.29, 0.717) is 15.4 Å². The molecule has 1 heterocycles. The first kappa shape index (κ1) is 8.97. The van der Waals surface area contributed by atoms with E-state index in [1.54, 1.807) is 12.1 Å². The Labute approximate surface area is 90.8 Å². The van der Waals surface area contributed by atoms with Crippen molar-refractivity contribution in [3.05, 3.63) is 43.6 Å². The Balaban J connectivity index is 2.97. The van der Waals surface area contributed by atoms with Gasteiger partial charge in [-0.05, 0) is 34.1 Å². The standard InChI is InChI=1S/C9H4Br2O2/c10-5-1-2-8-6(3-5)9(12)7(11)4-13-8/h1-4H. The summed E-state index contributed by atoms with van der Waals surface area (Å²) < 4.78 is 6.52. The zero-order chi connectivity index (χ0) is 9.42. The second-order valence-corrected chi connectivity index (χ2v) is 4.32. The molecule has 0 atom stereocenters. The Bertz CT molecular complexity index is 511. The number of fused-ring (bicyclic) bond motifs is 1. The van der Waals surface area contributed by atoms with E-state index < -0.39 is 0 Å². The summed E-state index contributed by atoms with van der Waals surface area (Å²) in [6.45, 7) is 0. The Kier molecular flexibility index (Phi) is 2.26. The fourth-order valence-corrected chi connectivity index (χ4v) is 1.75. The minimum Gasteiger partial charge on any atom is -0.463 e. The molecule has 2 aromatic rings. The molecule has 0 spiro atoms. The first-order valence-corrected chi connectivity index (χ1v) is 5.13. The lowest BCUT2D eigenvalue weighted by Gasteiger charge is -1.96. The number of hydrogen-bond donors (Lipinski definition) is 0. The van der Waals surface area contributed by atoms with Crippen molar-refractivity contribution in [1.29, 1.82) is 0 Å². The van der Waals surface area contributed by atoms with Gasteiger partial charge in [0, 0.05) is 4.47 Å². The van der Waals surface area contributed by atoms with E-state index in [4.69, 9.17) is 4.42 Å². The molecule has 13 heavy (non-hydrogen) atoms. The van der Waals surface area contributed by atoms with Crippen LogP contribution in [0.25, 0.3) is 11.0 Å². The molecule has 0 N–H and O–H groups in total. The lowest BCUT2D eigenvalue weighted by molar-refractivity contribution is 0.598. The Morgan fingerprint density at radius 2 is 2.00 bits per heavy atom. The maximum Gasteiger partial charge on any atom is 0.206 e. The van der Waals surface area contributed by atoms with Gasteiger partial charge in [-0.3, -0.25) is 4.79 Å². The quantitative estimate of drug-likeness (QED) is 0.747. The SMILES string of the molecule is O=c1c(Br)coc2ccc(Br)cc12. The maximum absolute atomic E-state index is 11.6. The van der Waals surface area contributed by atoms with Crippen molar-refractivity contribution in [2.45, 2.75) is 0 Å². The van der Waals surface area contributed by atoms with Crippen LogP contribution < -0.4 is 5.43 Å². The average Bonchev–Trinajstić information content (AvgIpc) is 2.12. The molecule has 66 valence electrons. The van der Waals surface area contributed by atoms with Crippen LogP contribution in [0, 0.1) is 0 Å². The highest BCUT2D eigenvalue weighted by Crippen LogP contribution is 2.18. The molecular formula is C9H4Br2O2. The third-order valence-electron chi connectivity index (χ3n) is 1.69. The minimum absolute atomic E-state index is 0.0532. The van der Waals surface area contributed by atoms with Gasteiger partial charge in [0.05, 0.1) is 5.39 Å². The molecule has 0 saturated carbocycles. The van der Waals surface area contributed by atoms with Crippen LogP contribution in [0.15, 0.2) is 42.6 Å². The predicted octanol–water partition coefficient (Wildman–Crippen LogP) is 3.32. The number of rotatable bonds is 0. The van der Waals surface area contributed by atoms with E-state index >= 15 is 0 Å². The zero-order valence-corrected chi connectivity index (χ0v) is 9.55. The van der Waals surface area contributed by atoms with Gasteiger partial charge in [-0.25, -0.2) is 0 Å². The first-order chi connectivity index (χ1) is 6.18. The minimum atomic E-state index is -0.0532. The number of hydrogen-bond acceptors (Lipinski definition) is 2. The highest BCUT2D eigenvalue weighted by atomic mass is 79.9. The molecule has 0 aliphatic carbocycles. The summed E-state index contributed by atoms with van der Waals surface area (Å²) in [5.41, 5.74) is 0.541. The third kappa shape index (κ3) is 1.56. The van der Waals surface area contributed by atoms with Gasteiger partial charge in [-0.1, -0.05) is 15.9 Å². The number of benzene rings is 1. The molecule has 0 unspecified atom stereocenters. The monoisotopic (exact) mass is 302 g/mol. The molecule has 2 rings (SSSR count). The lowest BCUT2D eigenvalue weighted by Crippen LogP contribution is -2.00. The van der Waals surface area contributed by atoms with Gasteiger partial charge in [0.25, 0.3) is 0 Å². The second-order valence-electron chi connectivity index (χ2n) is 2.55. The fraction of sp³-hybridized carbons (Fsp3) is 0. The molecule has 0 bridgehead atoms. The van der Waals surface area contributed by atoms with Crippen molar-refractivity contribution in [3.63, 3.8) is 0 Å². The van der Waals surface area contributed by atoms with Gasteiger partial charge in [-0.2, -0.15) is 0 Å². The summed E-state index contributed by atoms with van der Waals surface area (Å²) in [6.07, 6.45) is 1.40. The maximum atomic E-state index is 11.6. The van der Waals surface area contributed by atoms with Crippen molar-refractivity contribution in [2.24, 2.45) is 0 Å². The normalized spacial score (nSPS) is 10.6. The van der Waals surface area contributed by atoms with Gasteiger partial charge in [-0.15, -0.1) is 0 Å². The van der Waals surface area contributed by atoms with E-state index in [9.17, 15) is 4.79 Å². The predicted molar refractivity (Wildman–Crippen MR) is 57.9 cm³/mol. The lowest BCUT2D eigenvalue weighted by atomic mass is 10.2. The molecule has 4 heteroatoms. The van der Waals surface area contributed by atoms with Crippen molar-refractivity contribution < 1.29 is 4.42 Å². The van der Waals surface area contributed by atoms with E-state index in [1.165, 1.54) is 6.26 Å². The summed E-state index contributed by atoms with van der Waals surface area (Å²) in [5.74, 6) is 0. The van der Waals surface area contributed by atoms with Crippen LogP contribution in [-0.2, 0) is 0 Å². The van der Waals surface area contributed by atoms with Gasteiger partial charge in [0.1, 0.15) is 16.3 Å². The summed E-state index contributed by atoms with van der Waals surface area (Å²) in [6, 6.07) is 5.33. The van der Waals surface area contributed by atoms with Crippen LogP contribution in [0.2, 0.25) is 0 Å². The summed E-state index contributed by atoms with van der Waals surface area (Å²) >= 11 is 6.41. The average molecular weight is 304 g/mol. The molecule has 0 fully saturated rings. The van der Waals surface area contributed by atoms with Crippen molar-refractivity contribution in [2.75, 3.05) is 0 Å². The zero-order valence-electron chi connectivity index (χ0n) is 6.38. The van der Waals surface area contributed by atoms with Gasteiger partial charge >= 0.3 is 0 Å². The Morgan fingerprint density at radius 1 is 1.23 bits per heavy atom. The summed E-state index contributed by atoms with van der Waals surface area (Å²) in [5, 5.41) is 0.573. The van der Waals surface area contributed by atoms with Crippen LogP contribution in [-0.4, -0.2) is 0 Å². The van der Waals surface area contributed by atoms with Crippen LogP contribution in [0.4, 0.5) is 0 Å². The Morgan fingerprint density at radius 3 is 2.77 bits per heavy atom. The van der Waals surface area contributed by atoms with Gasteiger partial charge in [0.2, 0.25) is 5.43 Å². The third-order valence-corrected chi connectivity index (χ3v) is 2.73. The van der Waals surface area contributed by atoms with E-state index in [2.05, 4.69) is 31.9 Å². The van der Waals surface area contributed by atoms with Crippen LogP contribution in [0.3, 0.4) is 0 Å². The van der Waals surface area contributed by atoms with Crippen molar-refractivity contribution in [3.8, 4) is 0 Å². The summed E-state index contributed by atoms with van der Waals surface area (Å²) in [7, 11) is 0. The van der Waals surface area contributed by atoms with E-state index in [-0.39, 0.29) is 5.43 Å². The second kappa shape index (κ2) is 3.27. The number of halogens is 2. The largest absolute Gasteiger partial charge is 0.463 e. The smallest absolute Gasteiger partial charge is 0.206 e. The highest BCUT2D eigenvalue weighted by Gasteiger charge is 2.04. The fourth-order valence-electron chi connectivity index (χ4n) is 1.08. The van der Waals surface area contributed by atoms with Crippen molar-refractivity contribution in [1.82, 2.24) is 0 Å². The van der Waals surface area contributed by atoms with Gasteiger partial charge < -0.3 is 4.42 Å². The van der Waals surface area contributed by atoms with Crippen LogP contribution in [0.5, 0.6) is 0 Å². The molecule has 0 amide bonds. The molecule has 1 aromatic carbocycles. The molecule has 0 saturated heterocycles. The summed E-state index contributed by atoms with van der Waals surface area (Å²) in [4.78, 5) is 11.6. The highest BCUT2D eigenvalue weighted by molar-refractivity contribution is 9.10. The first-order valence-electron chi connectivity index (χ1n) is 3.55. The molecule has 2 nitrogen and oxygen atoms in total. The van der Waals surface area contributed by atoms with E-state index in [1.807, 2.05) is 6.07 Å². The Hall–Kier alpha value is -0.610. The van der Waals surface area contributed by atoms with E-state index in [0.717, 1.165) is 4.47 Å². The molecule has 0 radical (unpaired) electrons. The topological polar surface area (TPSA) is 30.2 Å². The molecular weight excluding hydrogens is 300 g/mol. The van der Waals surface area contributed by atoms with Crippen LogP contribution >= 0.6 is 31.9 Å².